The highest BCUT2D eigenvalue weighted by molar-refractivity contribution is 5.25. The Labute approximate surface area is 66.8 Å². The molecule has 0 aliphatic carbocycles. The molecule has 0 atom stereocenters. The smallest absolute Gasteiger partial charge is 0.139 e. The molecule has 60 valence electrons. The molecule has 0 spiro atoms. The average Bonchev–Trinajstić information content (AvgIpc) is 1.98. The number of nitrogens with zero attached hydrogens (tertiary/aromatic N) is 1. The summed E-state index contributed by atoms with van der Waals surface area (Å²) in [6.07, 6.45) is 4.53. The summed E-state index contributed by atoms with van der Waals surface area (Å²) in [6, 6.07) is 0. The van der Waals surface area contributed by atoms with E-state index < -0.39 is 5.83 Å². The number of hydrogen-bond acceptors (Lipinski definition) is 1. The number of rotatable bonds is 4. The molecular weight excluding hydrogens is 141 g/mol. The van der Waals surface area contributed by atoms with Gasteiger partial charge in [-0.3, -0.25) is 0 Å². The zero-order valence-corrected chi connectivity index (χ0v) is 6.68. The van der Waals surface area contributed by atoms with Gasteiger partial charge < -0.3 is 4.90 Å². The van der Waals surface area contributed by atoms with Crippen molar-refractivity contribution in [3.63, 3.8) is 0 Å². The maximum Gasteiger partial charge on any atom is 0.139 e. The summed E-state index contributed by atoms with van der Waals surface area (Å²) in [5.41, 5.74) is 0.370. The number of likely N-dealkylation sites (N-methyl/N-ethyl adjacent to an activating group) is 1. The summed E-state index contributed by atoms with van der Waals surface area (Å²) in [7, 11) is 1.69. The summed E-state index contributed by atoms with van der Waals surface area (Å²) in [5, 5.41) is 0. The van der Waals surface area contributed by atoms with Gasteiger partial charge in [0.15, 0.2) is 0 Å². The van der Waals surface area contributed by atoms with Crippen molar-refractivity contribution in [2.24, 2.45) is 0 Å². The molecule has 0 radical (unpaired) electrons. The van der Waals surface area contributed by atoms with E-state index in [-0.39, 0.29) is 0 Å². The Hall–Kier alpha value is -1.31. The molecule has 0 amide bonds. The molecule has 0 aliphatic rings. The van der Waals surface area contributed by atoms with E-state index in [1.165, 1.54) is 23.3 Å². The summed E-state index contributed by atoms with van der Waals surface area (Å²) in [4.78, 5) is 1.53. The Bertz CT molecular complexity index is 204. The van der Waals surface area contributed by atoms with Crippen molar-refractivity contribution < 1.29 is 4.39 Å². The highest BCUT2D eigenvalue weighted by Crippen LogP contribution is 2.12. The maximum absolute atomic E-state index is 12.6. The SMILES string of the molecule is C=C/C=C(\C(=C)F)N(C)C=C. The second-order valence-electron chi connectivity index (χ2n) is 1.99. The van der Waals surface area contributed by atoms with E-state index in [1.807, 2.05) is 0 Å². The zero-order chi connectivity index (χ0) is 8.85. The second kappa shape index (κ2) is 4.50. The lowest BCUT2D eigenvalue weighted by Crippen LogP contribution is -2.09. The molecule has 11 heavy (non-hydrogen) atoms. The van der Waals surface area contributed by atoms with Crippen molar-refractivity contribution >= 4 is 0 Å². The molecule has 0 aromatic rings. The minimum Gasteiger partial charge on any atom is -0.349 e. The molecule has 0 aliphatic heterocycles. The van der Waals surface area contributed by atoms with Crippen LogP contribution in [0, 0.1) is 0 Å². The van der Waals surface area contributed by atoms with Crippen molar-refractivity contribution in [2.75, 3.05) is 7.05 Å². The fourth-order valence-corrected chi connectivity index (χ4v) is 0.609. The van der Waals surface area contributed by atoms with Crippen LogP contribution in [0.3, 0.4) is 0 Å². The quantitative estimate of drug-likeness (QED) is 0.561. The van der Waals surface area contributed by atoms with Gasteiger partial charge in [-0.1, -0.05) is 25.8 Å². The number of hydrogen-bond donors (Lipinski definition) is 0. The maximum atomic E-state index is 12.6. The summed E-state index contributed by atoms with van der Waals surface area (Å²) in [5.74, 6) is -0.493. The Balaban J connectivity index is 4.59. The van der Waals surface area contributed by atoms with Crippen molar-refractivity contribution in [3.8, 4) is 0 Å². The van der Waals surface area contributed by atoms with Crippen molar-refractivity contribution in [3.05, 3.63) is 49.6 Å². The van der Waals surface area contributed by atoms with E-state index in [1.54, 1.807) is 7.05 Å². The molecule has 1 nitrogen and oxygen atoms in total. The van der Waals surface area contributed by atoms with Crippen LogP contribution in [-0.2, 0) is 0 Å². The van der Waals surface area contributed by atoms with Crippen LogP contribution in [0.1, 0.15) is 0 Å². The first-order valence-electron chi connectivity index (χ1n) is 3.16. The first-order chi connectivity index (χ1) is 5.13. The minimum absolute atomic E-state index is 0.370. The van der Waals surface area contributed by atoms with Gasteiger partial charge >= 0.3 is 0 Å². The van der Waals surface area contributed by atoms with E-state index in [9.17, 15) is 4.39 Å². The minimum atomic E-state index is -0.493. The molecule has 0 saturated carbocycles. The van der Waals surface area contributed by atoms with Crippen LogP contribution in [0.2, 0.25) is 0 Å². The molecule has 0 fully saturated rings. The Kier molecular flexibility index (Phi) is 3.96. The lowest BCUT2D eigenvalue weighted by Gasteiger charge is -2.14. The van der Waals surface area contributed by atoms with Crippen LogP contribution in [0.5, 0.6) is 0 Å². The lowest BCUT2D eigenvalue weighted by molar-refractivity contribution is 0.519. The van der Waals surface area contributed by atoms with Crippen LogP contribution >= 0.6 is 0 Å². The molecule has 0 unspecified atom stereocenters. The first kappa shape index (κ1) is 9.69. The van der Waals surface area contributed by atoms with E-state index in [0.29, 0.717) is 5.70 Å². The van der Waals surface area contributed by atoms with E-state index in [2.05, 4.69) is 19.7 Å². The predicted molar refractivity (Wildman–Crippen MR) is 46.5 cm³/mol. The molecule has 0 heterocycles. The van der Waals surface area contributed by atoms with Crippen LogP contribution in [0.15, 0.2) is 49.6 Å². The van der Waals surface area contributed by atoms with E-state index in [0.717, 1.165) is 0 Å². The van der Waals surface area contributed by atoms with Gasteiger partial charge in [-0.05, 0) is 12.3 Å². The Morgan fingerprint density at radius 2 is 2.00 bits per heavy atom. The Morgan fingerprint density at radius 1 is 1.45 bits per heavy atom. The van der Waals surface area contributed by atoms with Gasteiger partial charge in [0.25, 0.3) is 0 Å². The van der Waals surface area contributed by atoms with Gasteiger partial charge in [0, 0.05) is 7.05 Å². The molecular formula is C9H12FN. The van der Waals surface area contributed by atoms with Crippen molar-refractivity contribution in [1.82, 2.24) is 4.90 Å². The number of allylic oxidation sites excluding steroid dienone is 3. The monoisotopic (exact) mass is 153 g/mol. The van der Waals surface area contributed by atoms with E-state index in [4.69, 9.17) is 0 Å². The van der Waals surface area contributed by atoms with Crippen molar-refractivity contribution in [1.29, 1.82) is 0 Å². The zero-order valence-electron chi connectivity index (χ0n) is 6.68. The standard InChI is InChI=1S/C9H12FN/c1-5-7-9(8(3)10)11(4)6-2/h5-7H,1-3H2,4H3/b9-7+. The molecule has 0 N–H and O–H groups in total. The van der Waals surface area contributed by atoms with Crippen LogP contribution in [0.4, 0.5) is 4.39 Å². The Morgan fingerprint density at radius 3 is 2.27 bits per heavy atom. The second-order valence-corrected chi connectivity index (χ2v) is 1.99. The van der Waals surface area contributed by atoms with Gasteiger partial charge in [0.1, 0.15) is 5.83 Å². The molecule has 0 rings (SSSR count). The topological polar surface area (TPSA) is 3.24 Å². The molecule has 0 aromatic heterocycles. The highest BCUT2D eigenvalue weighted by atomic mass is 19.1. The molecule has 0 bridgehead atoms. The molecule has 2 heteroatoms. The molecule has 0 aromatic carbocycles. The summed E-state index contributed by atoms with van der Waals surface area (Å²) in [6.45, 7) is 10.1. The van der Waals surface area contributed by atoms with Gasteiger partial charge in [0.2, 0.25) is 0 Å². The highest BCUT2D eigenvalue weighted by Gasteiger charge is 2.02. The van der Waals surface area contributed by atoms with Crippen LogP contribution in [-0.4, -0.2) is 11.9 Å². The van der Waals surface area contributed by atoms with Gasteiger partial charge in [-0.15, -0.1) is 0 Å². The van der Waals surface area contributed by atoms with Gasteiger partial charge in [-0.25, -0.2) is 4.39 Å². The average molecular weight is 153 g/mol. The number of halogens is 1. The fourth-order valence-electron chi connectivity index (χ4n) is 0.609. The third-order valence-corrected chi connectivity index (χ3v) is 1.21. The van der Waals surface area contributed by atoms with Gasteiger partial charge in [-0.2, -0.15) is 0 Å². The lowest BCUT2D eigenvalue weighted by atomic mass is 10.3. The van der Waals surface area contributed by atoms with Gasteiger partial charge in [0.05, 0.1) is 5.70 Å². The predicted octanol–water partition coefficient (Wildman–Crippen LogP) is 2.61. The van der Waals surface area contributed by atoms with Crippen LogP contribution in [0.25, 0.3) is 0 Å². The van der Waals surface area contributed by atoms with E-state index >= 15 is 0 Å². The normalized spacial score (nSPS) is 10.5. The largest absolute Gasteiger partial charge is 0.349 e. The summed E-state index contributed by atoms with van der Waals surface area (Å²) >= 11 is 0. The fraction of sp³-hybridized carbons (Fsp3) is 0.111. The first-order valence-corrected chi connectivity index (χ1v) is 3.16. The van der Waals surface area contributed by atoms with Crippen LogP contribution < -0.4 is 0 Å². The third-order valence-electron chi connectivity index (χ3n) is 1.21. The van der Waals surface area contributed by atoms with Crippen molar-refractivity contribution in [2.45, 2.75) is 0 Å². The summed E-state index contributed by atoms with van der Waals surface area (Å²) < 4.78 is 12.6. The third kappa shape index (κ3) is 2.85. The molecule has 0 saturated heterocycles.